The molecule has 1 aliphatic heterocycles. The number of benzene rings is 1. The van der Waals surface area contributed by atoms with Gasteiger partial charge in [0.15, 0.2) is 0 Å². The highest BCUT2D eigenvalue weighted by Crippen LogP contribution is 2.39. The van der Waals surface area contributed by atoms with E-state index in [1.807, 2.05) is 30.3 Å². The molecular weight excluding hydrogens is 246 g/mol. The van der Waals surface area contributed by atoms with Gasteiger partial charge in [-0.25, -0.2) is 9.97 Å². The zero-order valence-corrected chi connectivity index (χ0v) is 10.4. The summed E-state index contributed by atoms with van der Waals surface area (Å²) in [7, 11) is 0. The van der Waals surface area contributed by atoms with Gasteiger partial charge in [0.1, 0.15) is 5.37 Å². The second-order valence-electron chi connectivity index (χ2n) is 3.89. The lowest BCUT2D eigenvalue weighted by Gasteiger charge is -2.21. The molecule has 3 rings (SSSR count). The summed E-state index contributed by atoms with van der Waals surface area (Å²) < 4.78 is 0. The molecule has 0 aliphatic carbocycles. The van der Waals surface area contributed by atoms with Crippen molar-refractivity contribution in [2.24, 2.45) is 0 Å². The molecule has 1 fully saturated rings. The molecule has 1 aliphatic rings. The molecule has 2 heterocycles. The summed E-state index contributed by atoms with van der Waals surface area (Å²) in [4.78, 5) is 22.0. The van der Waals surface area contributed by atoms with Crippen LogP contribution in [-0.4, -0.2) is 21.6 Å². The molecule has 1 amide bonds. The van der Waals surface area contributed by atoms with E-state index < -0.39 is 0 Å². The van der Waals surface area contributed by atoms with Crippen LogP contribution in [0.4, 0.5) is 5.95 Å². The van der Waals surface area contributed by atoms with Gasteiger partial charge in [-0.1, -0.05) is 30.3 Å². The van der Waals surface area contributed by atoms with Crippen molar-refractivity contribution in [3.8, 4) is 0 Å². The van der Waals surface area contributed by atoms with Crippen molar-refractivity contribution in [2.75, 3.05) is 10.7 Å². The van der Waals surface area contributed by atoms with Crippen molar-refractivity contribution in [3.05, 3.63) is 54.4 Å². The number of carbonyl (C=O) groups is 1. The first-order valence-corrected chi connectivity index (χ1v) is 6.67. The SMILES string of the molecule is O=C1CS[C@H](c2ccccc2)N1c1ncccn1. The summed E-state index contributed by atoms with van der Waals surface area (Å²) in [6.07, 6.45) is 3.31. The molecule has 90 valence electrons. The van der Waals surface area contributed by atoms with Crippen LogP contribution in [-0.2, 0) is 4.79 Å². The van der Waals surface area contributed by atoms with Gasteiger partial charge in [-0.15, -0.1) is 11.8 Å². The third kappa shape index (κ3) is 1.97. The molecule has 18 heavy (non-hydrogen) atoms. The number of anilines is 1. The molecule has 2 aromatic rings. The lowest BCUT2D eigenvalue weighted by molar-refractivity contribution is -0.115. The van der Waals surface area contributed by atoms with Crippen LogP contribution in [0.2, 0.25) is 0 Å². The molecule has 0 radical (unpaired) electrons. The van der Waals surface area contributed by atoms with E-state index in [9.17, 15) is 4.79 Å². The highest BCUT2D eigenvalue weighted by Gasteiger charge is 2.35. The van der Waals surface area contributed by atoms with Gasteiger partial charge in [-0.2, -0.15) is 0 Å². The number of nitrogens with zero attached hydrogens (tertiary/aromatic N) is 3. The van der Waals surface area contributed by atoms with Gasteiger partial charge in [-0.05, 0) is 11.6 Å². The maximum Gasteiger partial charge on any atom is 0.240 e. The summed E-state index contributed by atoms with van der Waals surface area (Å²) in [6.45, 7) is 0. The lowest BCUT2D eigenvalue weighted by Crippen LogP contribution is -2.29. The van der Waals surface area contributed by atoms with E-state index in [0.717, 1.165) is 5.56 Å². The van der Waals surface area contributed by atoms with Gasteiger partial charge >= 0.3 is 0 Å². The Kier molecular flexibility index (Phi) is 2.98. The van der Waals surface area contributed by atoms with Crippen molar-refractivity contribution in [1.82, 2.24) is 9.97 Å². The lowest BCUT2D eigenvalue weighted by atomic mass is 10.2. The molecule has 0 unspecified atom stereocenters. The third-order valence-electron chi connectivity index (χ3n) is 2.72. The Morgan fingerprint density at radius 1 is 1.11 bits per heavy atom. The zero-order valence-electron chi connectivity index (χ0n) is 9.56. The van der Waals surface area contributed by atoms with Crippen molar-refractivity contribution in [2.45, 2.75) is 5.37 Å². The third-order valence-corrected chi connectivity index (χ3v) is 3.93. The van der Waals surface area contributed by atoms with E-state index in [0.29, 0.717) is 11.7 Å². The smallest absolute Gasteiger partial charge is 0.240 e. The molecule has 5 heteroatoms. The quantitative estimate of drug-likeness (QED) is 0.828. The van der Waals surface area contributed by atoms with E-state index in [2.05, 4.69) is 9.97 Å². The summed E-state index contributed by atoms with van der Waals surface area (Å²) in [5.41, 5.74) is 1.10. The number of rotatable bonds is 2. The predicted molar refractivity (Wildman–Crippen MR) is 71.2 cm³/mol. The predicted octanol–water partition coefficient (Wildman–Crippen LogP) is 2.26. The van der Waals surface area contributed by atoms with Crippen LogP contribution >= 0.6 is 11.8 Å². The first-order chi connectivity index (χ1) is 8.86. The van der Waals surface area contributed by atoms with Crippen molar-refractivity contribution in [3.63, 3.8) is 0 Å². The minimum atomic E-state index is -0.0268. The Morgan fingerprint density at radius 2 is 1.83 bits per heavy atom. The van der Waals surface area contributed by atoms with E-state index in [1.165, 1.54) is 0 Å². The number of thioether (sulfide) groups is 1. The Balaban J connectivity index is 1.98. The van der Waals surface area contributed by atoms with Crippen LogP contribution in [0.15, 0.2) is 48.8 Å². The van der Waals surface area contributed by atoms with Crippen LogP contribution in [0.1, 0.15) is 10.9 Å². The Labute approximate surface area is 109 Å². The summed E-state index contributed by atoms with van der Waals surface area (Å²) >= 11 is 1.60. The molecule has 1 saturated heterocycles. The molecule has 1 atom stereocenters. The monoisotopic (exact) mass is 257 g/mol. The van der Waals surface area contributed by atoms with Gasteiger partial charge < -0.3 is 0 Å². The van der Waals surface area contributed by atoms with Gasteiger partial charge in [0, 0.05) is 12.4 Å². The number of aromatic nitrogens is 2. The van der Waals surface area contributed by atoms with E-state index in [-0.39, 0.29) is 11.3 Å². The highest BCUT2D eigenvalue weighted by atomic mass is 32.2. The van der Waals surface area contributed by atoms with E-state index in [1.54, 1.807) is 35.1 Å². The first kappa shape index (κ1) is 11.2. The summed E-state index contributed by atoms with van der Waals surface area (Å²) in [5.74, 6) is 0.999. The summed E-state index contributed by atoms with van der Waals surface area (Å²) in [5, 5.41) is -0.0268. The Hall–Kier alpha value is -1.88. The van der Waals surface area contributed by atoms with Crippen molar-refractivity contribution < 1.29 is 4.79 Å². The standard InChI is InChI=1S/C13H11N3OS/c17-11-9-18-12(10-5-2-1-3-6-10)16(11)13-14-7-4-8-15-13/h1-8,12H,9H2/t12-/m1/s1. The normalized spacial score (nSPS) is 19.2. The molecule has 4 nitrogen and oxygen atoms in total. The number of amides is 1. The molecular formula is C13H11N3OS. The second-order valence-corrected chi connectivity index (χ2v) is 4.96. The van der Waals surface area contributed by atoms with E-state index >= 15 is 0 Å². The van der Waals surface area contributed by atoms with Crippen molar-refractivity contribution in [1.29, 1.82) is 0 Å². The maximum absolute atomic E-state index is 12.0. The fourth-order valence-electron chi connectivity index (χ4n) is 1.92. The molecule has 0 saturated carbocycles. The zero-order chi connectivity index (χ0) is 12.4. The topological polar surface area (TPSA) is 46.1 Å². The largest absolute Gasteiger partial charge is 0.273 e. The van der Waals surface area contributed by atoms with Crippen LogP contribution in [0, 0.1) is 0 Å². The van der Waals surface area contributed by atoms with Gasteiger partial charge in [0.2, 0.25) is 11.9 Å². The Morgan fingerprint density at radius 3 is 2.56 bits per heavy atom. The first-order valence-electron chi connectivity index (χ1n) is 5.62. The average molecular weight is 257 g/mol. The highest BCUT2D eigenvalue weighted by molar-refractivity contribution is 8.00. The van der Waals surface area contributed by atoms with Crippen LogP contribution in [0.3, 0.4) is 0 Å². The Bertz CT molecular complexity index is 547. The minimum Gasteiger partial charge on any atom is -0.273 e. The summed E-state index contributed by atoms with van der Waals surface area (Å²) in [6, 6.07) is 11.7. The number of carbonyl (C=O) groups excluding carboxylic acids is 1. The average Bonchev–Trinajstić information content (AvgIpc) is 2.83. The fraction of sp³-hybridized carbons (Fsp3) is 0.154. The molecule has 0 spiro atoms. The van der Waals surface area contributed by atoms with Crippen LogP contribution in [0.5, 0.6) is 0 Å². The van der Waals surface area contributed by atoms with Crippen LogP contribution < -0.4 is 4.90 Å². The molecule has 1 aromatic heterocycles. The van der Waals surface area contributed by atoms with Crippen LogP contribution in [0.25, 0.3) is 0 Å². The molecule has 0 bridgehead atoms. The fourth-order valence-corrected chi connectivity index (χ4v) is 3.07. The molecule has 1 aromatic carbocycles. The number of hydrogen-bond acceptors (Lipinski definition) is 4. The molecule has 0 N–H and O–H groups in total. The van der Waals surface area contributed by atoms with Gasteiger partial charge in [0.25, 0.3) is 0 Å². The van der Waals surface area contributed by atoms with Gasteiger partial charge in [-0.3, -0.25) is 9.69 Å². The number of hydrogen-bond donors (Lipinski definition) is 0. The minimum absolute atomic E-state index is 0.0268. The van der Waals surface area contributed by atoms with Crippen molar-refractivity contribution >= 4 is 23.6 Å². The van der Waals surface area contributed by atoms with E-state index in [4.69, 9.17) is 0 Å². The second kappa shape index (κ2) is 4.78. The maximum atomic E-state index is 12.0. The van der Waals surface area contributed by atoms with Gasteiger partial charge in [0.05, 0.1) is 5.75 Å².